The minimum absolute atomic E-state index is 0.115. The van der Waals surface area contributed by atoms with Gasteiger partial charge < -0.3 is 10.4 Å². The van der Waals surface area contributed by atoms with Crippen molar-refractivity contribution < 1.29 is 14.3 Å². The van der Waals surface area contributed by atoms with Gasteiger partial charge in [0, 0.05) is 0 Å². The number of nitrogens with one attached hydrogen (secondary N) is 1. The number of pyridine rings is 1. The molecule has 0 atom stereocenters. The number of aromatic hydroxyl groups is 1. The Hall–Kier alpha value is -2.43. The quantitative estimate of drug-likeness (QED) is 0.815. The van der Waals surface area contributed by atoms with Crippen LogP contribution in [0.3, 0.4) is 0 Å². The molecule has 1 aromatic carbocycles. The first kappa shape index (κ1) is 12.0. The van der Waals surface area contributed by atoms with Crippen LogP contribution in [-0.4, -0.2) is 16.0 Å². The third kappa shape index (κ3) is 3.28. The van der Waals surface area contributed by atoms with Crippen LogP contribution in [0.2, 0.25) is 0 Å². The highest BCUT2D eigenvalue weighted by atomic mass is 19.1. The molecule has 4 nitrogen and oxygen atoms in total. The Balaban J connectivity index is 1.98. The van der Waals surface area contributed by atoms with Crippen LogP contribution in [0.1, 0.15) is 5.56 Å². The highest BCUT2D eigenvalue weighted by Crippen LogP contribution is 2.12. The lowest BCUT2D eigenvalue weighted by atomic mass is 10.1. The molecule has 0 radical (unpaired) electrons. The van der Waals surface area contributed by atoms with Crippen molar-refractivity contribution in [3.05, 3.63) is 54.1 Å². The Morgan fingerprint density at radius 2 is 2.17 bits per heavy atom. The molecule has 0 saturated heterocycles. The number of amides is 1. The number of halogens is 1. The van der Waals surface area contributed by atoms with Crippen molar-refractivity contribution >= 4 is 11.6 Å². The van der Waals surface area contributed by atoms with E-state index in [1.165, 1.54) is 30.5 Å². The molecule has 1 aromatic heterocycles. The first-order valence-electron chi connectivity index (χ1n) is 5.33. The minimum atomic E-state index is -0.596. The number of rotatable bonds is 3. The van der Waals surface area contributed by atoms with E-state index in [2.05, 4.69) is 10.3 Å². The maximum atomic E-state index is 12.6. The van der Waals surface area contributed by atoms with E-state index in [0.29, 0.717) is 11.3 Å². The van der Waals surface area contributed by atoms with Gasteiger partial charge >= 0.3 is 0 Å². The Morgan fingerprint density at radius 1 is 1.33 bits per heavy atom. The van der Waals surface area contributed by atoms with E-state index >= 15 is 0 Å². The smallest absolute Gasteiger partial charge is 0.228 e. The molecular formula is C13H11FN2O2. The fourth-order valence-electron chi connectivity index (χ4n) is 1.51. The van der Waals surface area contributed by atoms with Gasteiger partial charge in [0.2, 0.25) is 11.9 Å². The Morgan fingerprint density at radius 3 is 2.83 bits per heavy atom. The average molecular weight is 246 g/mol. The summed E-state index contributed by atoms with van der Waals surface area (Å²) in [7, 11) is 0. The maximum absolute atomic E-state index is 12.6. The molecule has 1 heterocycles. The first-order chi connectivity index (χ1) is 8.63. The normalized spacial score (nSPS) is 10.1. The van der Waals surface area contributed by atoms with Crippen LogP contribution < -0.4 is 5.32 Å². The average Bonchev–Trinajstić information content (AvgIpc) is 2.32. The van der Waals surface area contributed by atoms with Crippen LogP contribution >= 0.6 is 0 Å². The van der Waals surface area contributed by atoms with Crippen LogP contribution in [0, 0.1) is 5.95 Å². The Bertz CT molecular complexity index is 555. The lowest BCUT2D eigenvalue weighted by molar-refractivity contribution is -0.115. The summed E-state index contributed by atoms with van der Waals surface area (Å²) in [6, 6.07) is 9.06. The molecule has 0 spiro atoms. The monoisotopic (exact) mass is 246 g/mol. The second-order valence-corrected chi connectivity index (χ2v) is 3.76. The van der Waals surface area contributed by atoms with Crippen molar-refractivity contribution in [1.82, 2.24) is 4.98 Å². The van der Waals surface area contributed by atoms with Crippen LogP contribution in [0.5, 0.6) is 5.75 Å². The van der Waals surface area contributed by atoms with E-state index in [1.807, 2.05) is 0 Å². The number of aromatic nitrogens is 1. The molecule has 0 aliphatic carbocycles. The van der Waals surface area contributed by atoms with Gasteiger partial charge in [0.1, 0.15) is 5.75 Å². The summed E-state index contributed by atoms with van der Waals surface area (Å²) in [5.41, 5.74) is 1.13. The second kappa shape index (κ2) is 5.27. The summed E-state index contributed by atoms with van der Waals surface area (Å²) in [4.78, 5) is 15.1. The second-order valence-electron chi connectivity index (χ2n) is 3.76. The van der Waals surface area contributed by atoms with Gasteiger partial charge in [0.05, 0.1) is 18.3 Å². The molecule has 0 fully saturated rings. The summed E-state index contributed by atoms with van der Waals surface area (Å²) in [6.45, 7) is 0. The van der Waals surface area contributed by atoms with E-state index in [-0.39, 0.29) is 18.1 Å². The summed E-state index contributed by atoms with van der Waals surface area (Å²) < 4.78 is 12.6. The van der Waals surface area contributed by atoms with Gasteiger partial charge in [-0.05, 0) is 29.8 Å². The Labute approximate surface area is 103 Å². The number of hydrogen-bond acceptors (Lipinski definition) is 3. The molecule has 0 bridgehead atoms. The van der Waals surface area contributed by atoms with Gasteiger partial charge in [-0.2, -0.15) is 4.39 Å². The summed E-state index contributed by atoms with van der Waals surface area (Å²) in [5, 5.41) is 11.9. The number of phenolic OH excluding ortho intramolecular Hbond substituents is 1. The number of carbonyl (C=O) groups is 1. The minimum Gasteiger partial charge on any atom is -0.508 e. The number of anilines is 1. The summed E-state index contributed by atoms with van der Waals surface area (Å²) >= 11 is 0. The molecular weight excluding hydrogens is 235 g/mol. The number of carbonyl (C=O) groups excluding carboxylic acids is 1. The fourth-order valence-corrected chi connectivity index (χ4v) is 1.51. The molecule has 0 saturated carbocycles. The van der Waals surface area contributed by atoms with Crippen molar-refractivity contribution in [2.24, 2.45) is 0 Å². The molecule has 1 amide bonds. The topological polar surface area (TPSA) is 62.2 Å². The highest BCUT2D eigenvalue weighted by molar-refractivity contribution is 5.92. The third-order valence-corrected chi connectivity index (χ3v) is 2.29. The molecule has 2 aromatic rings. The molecule has 2 rings (SSSR count). The zero-order valence-corrected chi connectivity index (χ0v) is 9.43. The molecule has 0 aliphatic rings. The number of phenols is 1. The number of benzene rings is 1. The van der Waals surface area contributed by atoms with E-state index in [1.54, 1.807) is 12.1 Å². The first-order valence-corrected chi connectivity index (χ1v) is 5.33. The Kier molecular flexibility index (Phi) is 3.52. The third-order valence-electron chi connectivity index (χ3n) is 2.29. The maximum Gasteiger partial charge on any atom is 0.228 e. The van der Waals surface area contributed by atoms with E-state index in [4.69, 9.17) is 0 Å². The van der Waals surface area contributed by atoms with Crippen LogP contribution in [0.15, 0.2) is 42.6 Å². The molecule has 18 heavy (non-hydrogen) atoms. The van der Waals surface area contributed by atoms with Crippen LogP contribution in [0.25, 0.3) is 0 Å². The van der Waals surface area contributed by atoms with Gasteiger partial charge in [-0.1, -0.05) is 12.1 Å². The zero-order valence-electron chi connectivity index (χ0n) is 9.43. The van der Waals surface area contributed by atoms with Crippen molar-refractivity contribution in [3.8, 4) is 5.75 Å². The van der Waals surface area contributed by atoms with Crippen molar-refractivity contribution in [2.45, 2.75) is 6.42 Å². The van der Waals surface area contributed by atoms with E-state index in [9.17, 15) is 14.3 Å². The highest BCUT2D eigenvalue weighted by Gasteiger charge is 2.05. The van der Waals surface area contributed by atoms with Gasteiger partial charge in [0.25, 0.3) is 0 Å². The fraction of sp³-hybridized carbons (Fsp3) is 0.0769. The van der Waals surface area contributed by atoms with Crippen molar-refractivity contribution in [1.29, 1.82) is 0 Å². The number of nitrogens with zero attached hydrogens (tertiary/aromatic N) is 1. The van der Waals surface area contributed by atoms with Gasteiger partial charge in [0.15, 0.2) is 0 Å². The van der Waals surface area contributed by atoms with Gasteiger partial charge in [-0.3, -0.25) is 4.79 Å². The van der Waals surface area contributed by atoms with Gasteiger partial charge in [-0.25, -0.2) is 4.98 Å². The molecule has 5 heteroatoms. The lowest BCUT2D eigenvalue weighted by Crippen LogP contribution is -2.14. The predicted octanol–water partition coefficient (Wildman–Crippen LogP) is 2.11. The largest absolute Gasteiger partial charge is 0.508 e. The van der Waals surface area contributed by atoms with Crippen molar-refractivity contribution in [3.63, 3.8) is 0 Å². The summed E-state index contributed by atoms with van der Waals surface area (Å²) in [6.07, 6.45) is 1.38. The van der Waals surface area contributed by atoms with Crippen LogP contribution in [-0.2, 0) is 11.2 Å². The molecule has 92 valence electrons. The van der Waals surface area contributed by atoms with Crippen LogP contribution in [0.4, 0.5) is 10.1 Å². The molecule has 0 unspecified atom stereocenters. The molecule has 2 N–H and O–H groups in total. The van der Waals surface area contributed by atoms with E-state index in [0.717, 1.165) is 0 Å². The summed E-state index contributed by atoms with van der Waals surface area (Å²) in [5.74, 6) is -0.737. The SMILES string of the molecule is O=C(Cc1cccc(O)c1)Nc1ccc(F)nc1. The van der Waals surface area contributed by atoms with E-state index < -0.39 is 5.95 Å². The standard InChI is InChI=1S/C13H11FN2O2/c14-12-5-4-10(8-15-12)16-13(18)7-9-2-1-3-11(17)6-9/h1-6,8,17H,7H2,(H,16,18). The number of hydrogen-bond donors (Lipinski definition) is 2. The van der Waals surface area contributed by atoms with Gasteiger partial charge in [-0.15, -0.1) is 0 Å². The van der Waals surface area contributed by atoms with Crippen molar-refractivity contribution in [2.75, 3.05) is 5.32 Å². The predicted molar refractivity (Wildman–Crippen MR) is 64.6 cm³/mol. The zero-order chi connectivity index (χ0) is 13.0. The molecule has 0 aliphatic heterocycles. The lowest BCUT2D eigenvalue weighted by Gasteiger charge is -2.05.